The monoisotopic (exact) mass is 266 g/mol. The summed E-state index contributed by atoms with van der Waals surface area (Å²) < 4.78 is 5.55. The van der Waals surface area contributed by atoms with Crippen LogP contribution in [0.1, 0.15) is 20.8 Å². The lowest BCUT2D eigenvalue weighted by Crippen LogP contribution is -2.52. The van der Waals surface area contributed by atoms with Gasteiger partial charge in [-0.15, -0.1) is 0 Å². The van der Waals surface area contributed by atoms with Gasteiger partial charge in [0.25, 0.3) is 0 Å². The summed E-state index contributed by atoms with van der Waals surface area (Å²) in [4.78, 5) is 12.5. The van der Waals surface area contributed by atoms with Gasteiger partial charge >= 0.3 is 0 Å². The Morgan fingerprint density at radius 2 is 1.74 bits per heavy atom. The van der Waals surface area contributed by atoms with Gasteiger partial charge in [-0.05, 0) is 26.8 Å². The molecule has 1 unspecified atom stereocenters. The standard InChI is InChI=1S/C13H22N4O2/c1-13(2,3)19-12(18)17-9-7-16(8-10-17)11-14-5-4-6-15-11/h4-6,12,18H,7-10H2,1-3H3. The minimum Gasteiger partial charge on any atom is -0.356 e. The average molecular weight is 266 g/mol. The summed E-state index contributed by atoms with van der Waals surface area (Å²) in [5.74, 6) is 0.744. The van der Waals surface area contributed by atoms with Crippen molar-refractivity contribution >= 4 is 5.95 Å². The van der Waals surface area contributed by atoms with E-state index in [2.05, 4.69) is 14.9 Å². The van der Waals surface area contributed by atoms with Crippen LogP contribution >= 0.6 is 0 Å². The lowest BCUT2D eigenvalue weighted by molar-refractivity contribution is -0.239. The van der Waals surface area contributed by atoms with E-state index < -0.39 is 6.41 Å². The highest BCUT2D eigenvalue weighted by Gasteiger charge is 2.26. The lowest BCUT2D eigenvalue weighted by Gasteiger charge is -2.38. The maximum Gasteiger partial charge on any atom is 0.225 e. The Hall–Kier alpha value is -1.24. The Balaban J connectivity index is 1.86. The van der Waals surface area contributed by atoms with Gasteiger partial charge in [0.2, 0.25) is 12.4 Å². The molecule has 0 aliphatic carbocycles. The van der Waals surface area contributed by atoms with E-state index in [-0.39, 0.29) is 5.60 Å². The van der Waals surface area contributed by atoms with Gasteiger partial charge in [-0.1, -0.05) is 0 Å². The molecule has 6 heteroatoms. The summed E-state index contributed by atoms with van der Waals surface area (Å²) in [6.45, 7) is 8.84. The van der Waals surface area contributed by atoms with E-state index in [0.717, 1.165) is 32.1 Å². The Bertz CT molecular complexity index is 385. The number of hydrogen-bond donors (Lipinski definition) is 1. The van der Waals surface area contributed by atoms with Gasteiger partial charge in [0.05, 0.1) is 5.60 Å². The number of hydrogen-bond acceptors (Lipinski definition) is 6. The van der Waals surface area contributed by atoms with Gasteiger partial charge in [-0.3, -0.25) is 4.90 Å². The Kier molecular flexibility index (Phi) is 4.34. The van der Waals surface area contributed by atoms with Crippen LogP contribution in [-0.2, 0) is 4.74 Å². The van der Waals surface area contributed by atoms with Crippen molar-refractivity contribution in [1.29, 1.82) is 0 Å². The van der Waals surface area contributed by atoms with E-state index in [4.69, 9.17) is 4.74 Å². The van der Waals surface area contributed by atoms with E-state index >= 15 is 0 Å². The number of ether oxygens (including phenoxy) is 1. The maximum atomic E-state index is 10.0. The molecule has 2 heterocycles. The van der Waals surface area contributed by atoms with Crippen LogP contribution in [0.15, 0.2) is 18.5 Å². The quantitative estimate of drug-likeness (QED) is 0.812. The van der Waals surface area contributed by atoms with E-state index in [1.807, 2.05) is 25.7 Å². The lowest BCUT2D eigenvalue weighted by atomic mass is 10.2. The second-order valence-electron chi connectivity index (χ2n) is 5.63. The Labute approximate surface area is 114 Å². The third-order valence-corrected chi connectivity index (χ3v) is 2.92. The van der Waals surface area contributed by atoms with Crippen LogP contribution in [0.5, 0.6) is 0 Å². The highest BCUT2D eigenvalue weighted by Crippen LogP contribution is 2.15. The molecule has 0 spiro atoms. The first-order valence-corrected chi connectivity index (χ1v) is 6.58. The Morgan fingerprint density at radius 1 is 1.16 bits per heavy atom. The van der Waals surface area contributed by atoms with Crippen LogP contribution in [0.4, 0.5) is 5.95 Å². The molecule has 1 fully saturated rings. The fourth-order valence-electron chi connectivity index (χ4n) is 1.99. The molecule has 19 heavy (non-hydrogen) atoms. The molecule has 0 aromatic carbocycles. The van der Waals surface area contributed by atoms with Gasteiger partial charge < -0.3 is 14.7 Å². The molecule has 0 bridgehead atoms. The fraction of sp³-hybridized carbons (Fsp3) is 0.692. The molecule has 1 aliphatic heterocycles. The molecule has 0 radical (unpaired) electrons. The van der Waals surface area contributed by atoms with Crippen molar-refractivity contribution in [3.63, 3.8) is 0 Å². The van der Waals surface area contributed by atoms with Crippen molar-refractivity contribution < 1.29 is 9.84 Å². The van der Waals surface area contributed by atoms with Crippen molar-refractivity contribution in [3.05, 3.63) is 18.5 Å². The third kappa shape index (κ3) is 4.12. The number of anilines is 1. The topological polar surface area (TPSA) is 61.7 Å². The molecule has 1 aliphatic rings. The first kappa shape index (κ1) is 14.2. The highest BCUT2D eigenvalue weighted by molar-refractivity contribution is 5.29. The van der Waals surface area contributed by atoms with Crippen LogP contribution in [0.25, 0.3) is 0 Å². The number of aliphatic hydroxyl groups is 1. The number of aromatic nitrogens is 2. The smallest absolute Gasteiger partial charge is 0.225 e. The summed E-state index contributed by atoms with van der Waals surface area (Å²) in [6.07, 6.45) is 2.64. The molecule has 6 nitrogen and oxygen atoms in total. The largest absolute Gasteiger partial charge is 0.356 e. The molecule has 1 saturated heterocycles. The predicted molar refractivity (Wildman–Crippen MR) is 72.7 cm³/mol. The minimum atomic E-state index is -0.848. The highest BCUT2D eigenvalue weighted by atomic mass is 16.6. The summed E-state index contributed by atoms with van der Waals surface area (Å²) in [6, 6.07) is 1.81. The molecule has 0 amide bonds. The molecule has 1 aromatic heterocycles. The SMILES string of the molecule is CC(C)(C)OC(O)N1CCN(c2ncccn2)CC1. The third-order valence-electron chi connectivity index (χ3n) is 2.92. The molecule has 1 aromatic rings. The Morgan fingerprint density at radius 3 is 2.26 bits per heavy atom. The van der Waals surface area contributed by atoms with Crippen molar-refractivity contribution in [2.45, 2.75) is 32.8 Å². The zero-order chi connectivity index (χ0) is 13.9. The molecule has 106 valence electrons. The van der Waals surface area contributed by atoms with E-state index in [9.17, 15) is 5.11 Å². The van der Waals surface area contributed by atoms with Crippen LogP contribution in [0, 0.1) is 0 Å². The molecular weight excluding hydrogens is 244 g/mol. The summed E-state index contributed by atoms with van der Waals surface area (Å²) >= 11 is 0. The van der Waals surface area contributed by atoms with E-state index in [1.165, 1.54) is 0 Å². The number of piperazine rings is 1. The maximum absolute atomic E-state index is 10.0. The second kappa shape index (κ2) is 5.81. The van der Waals surface area contributed by atoms with Crippen LogP contribution in [0.2, 0.25) is 0 Å². The normalized spacial score (nSPS) is 19.5. The van der Waals surface area contributed by atoms with Crippen LogP contribution in [-0.4, -0.2) is 58.2 Å². The summed E-state index contributed by atoms with van der Waals surface area (Å²) in [5.41, 5.74) is -0.348. The van der Waals surface area contributed by atoms with Gasteiger partial charge in [0.15, 0.2) is 0 Å². The van der Waals surface area contributed by atoms with E-state index in [0.29, 0.717) is 0 Å². The zero-order valence-electron chi connectivity index (χ0n) is 11.8. The van der Waals surface area contributed by atoms with Crippen molar-refractivity contribution in [1.82, 2.24) is 14.9 Å². The number of rotatable bonds is 3. The van der Waals surface area contributed by atoms with Crippen LogP contribution < -0.4 is 4.90 Å². The second-order valence-corrected chi connectivity index (χ2v) is 5.63. The molecule has 0 saturated carbocycles. The van der Waals surface area contributed by atoms with E-state index in [1.54, 1.807) is 18.5 Å². The van der Waals surface area contributed by atoms with Gasteiger partial charge in [-0.2, -0.15) is 0 Å². The zero-order valence-corrected chi connectivity index (χ0v) is 11.8. The van der Waals surface area contributed by atoms with Crippen molar-refractivity contribution in [2.24, 2.45) is 0 Å². The average Bonchev–Trinajstić information content (AvgIpc) is 2.38. The van der Waals surface area contributed by atoms with Gasteiger partial charge in [0.1, 0.15) is 0 Å². The van der Waals surface area contributed by atoms with Gasteiger partial charge in [-0.25, -0.2) is 9.97 Å². The fourth-order valence-corrected chi connectivity index (χ4v) is 1.99. The molecule has 2 rings (SSSR count). The molecule has 1 N–H and O–H groups in total. The van der Waals surface area contributed by atoms with Crippen molar-refractivity contribution in [2.75, 3.05) is 31.1 Å². The molecular formula is C13H22N4O2. The minimum absolute atomic E-state index is 0.348. The van der Waals surface area contributed by atoms with Gasteiger partial charge in [0, 0.05) is 38.6 Å². The summed E-state index contributed by atoms with van der Waals surface area (Å²) in [7, 11) is 0. The first-order valence-electron chi connectivity index (χ1n) is 6.58. The van der Waals surface area contributed by atoms with Crippen LogP contribution in [0.3, 0.4) is 0 Å². The molecule has 1 atom stereocenters. The van der Waals surface area contributed by atoms with Crippen molar-refractivity contribution in [3.8, 4) is 0 Å². The predicted octanol–water partition coefficient (Wildman–Crippen LogP) is 0.690. The first-order chi connectivity index (χ1) is 8.96. The number of aliphatic hydroxyl groups excluding tert-OH is 1. The summed E-state index contributed by atoms with van der Waals surface area (Å²) in [5, 5.41) is 10.0. The number of nitrogens with zero attached hydrogens (tertiary/aromatic N) is 4.